The molecule has 15 heavy (non-hydrogen) atoms. The number of nitrogens with zero attached hydrogens (tertiary/aromatic N) is 1. The van der Waals surface area contributed by atoms with Gasteiger partial charge in [0.25, 0.3) is 0 Å². The van der Waals surface area contributed by atoms with Gasteiger partial charge in [-0.15, -0.1) is 0 Å². The highest BCUT2D eigenvalue weighted by atomic mass is 79.9. The van der Waals surface area contributed by atoms with Crippen LogP contribution in [-0.2, 0) is 9.53 Å². The summed E-state index contributed by atoms with van der Waals surface area (Å²) in [5.74, 6) is -0.949. The first-order valence-corrected chi connectivity index (χ1v) is 4.69. The monoisotopic (exact) mass is 273 g/mol. The Balaban J connectivity index is 2.86. The largest absolute Gasteiger partial charge is 0.511 e. The molecule has 0 saturated carbocycles. The fourth-order valence-corrected chi connectivity index (χ4v) is 1.11. The lowest BCUT2D eigenvalue weighted by atomic mass is 10.5. The molecular formula is C9H8BrNO4. The maximum Gasteiger partial charge on any atom is 0.377 e. The lowest BCUT2D eigenvalue weighted by Crippen LogP contribution is -2.11. The van der Waals surface area contributed by atoms with E-state index < -0.39 is 5.97 Å². The Morgan fingerprint density at radius 1 is 1.67 bits per heavy atom. The van der Waals surface area contributed by atoms with Crippen molar-refractivity contribution in [1.29, 1.82) is 0 Å². The molecule has 1 N–H and O–H groups in total. The summed E-state index contributed by atoms with van der Waals surface area (Å²) < 4.78 is 9.97. The Morgan fingerprint density at radius 2 is 2.40 bits per heavy atom. The zero-order chi connectivity index (χ0) is 11.3. The molecule has 1 heterocycles. The van der Waals surface area contributed by atoms with E-state index in [4.69, 9.17) is 9.84 Å². The van der Waals surface area contributed by atoms with Gasteiger partial charge in [-0.1, -0.05) is 0 Å². The summed E-state index contributed by atoms with van der Waals surface area (Å²) >= 11 is 3.18. The van der Waals surface area contributed by atoms with Crippen LogP contribution in [0.4, 0.5) is 0 Å². The lowest BCUT2D eigenvalue weighted by Gasteiger charge is -2.06. The van der Waals surface area contributed by atoms with Crippen LogP contribution in [0.25, 0.3) is 0 Å². The van der Waals surface area contributed by atoms with Crippen LogP contribution in [0.15, 0.2) is 34.8 Å². The second-order valence-corrected chi connectivity index (χ2v) is 3.23. The lowest BCUT2D eigenvalue weighted by molar-refractivity contribution is -0.138. The number of methoxy groups -OCH3 is 1. The number of carbonyl (C=O) groups is 1. The van der Waals surface area contributed by atoms with E-state index in [2.05, 4.69) is 25.7 Å². The molecule has 5 nitrogen and oxygen atoms in total. The third kappa shape index (κ3) is 2.95. The molecule has 0 radical (unpaired) electrons. The van der Waals surface area contributed by atoms with E-state index in [-0.39, 0.29) is 11.6 Å². The Hall–Kier alpha value is -1.56. The normalized spacial score (nSPS) is 10.9. The standard InChI is InChI=1S/C9H8BrNO4/c1-14-9(13)7(5-12)15-8-6(10)3-2-4-11-8/h2-5,12H,1H3/b7-5+. The molecule has 1 rings (SSSR count). The first-order valence-electron chi connectivity index (χ1n) is 3.90. The predicted molar refractivity (Wildman–Crippen MR) is 55.3 cm³/mol. The van der Waals surface area contributed by atoms with Crippen LogP contribution < -0.4 is 4.74 Å². The van der Waals surface area contributed by atoms with Gasteiger partial charge in [-0.2, -0.15) is 0 Å². The average molecular weight is 274 g/mol. The number of aliphatic hydroxyl groups excluding tert-OH is 1. The molecule has 0 fully saturated rings. The second kappa shape index (κ2) is 5.35. The van der Waals surface area contributed by atoms with Crippen LogP contribution in [0.1, 0.15) is 0 Å². The van der Waals surface area contributed by atoms with E-state index in [0.717, 1.165) is 0 Å². The van der Waals surface area contributed by atoms with E-state index in [1.807, 2.05) is 0 Å². The summed E-state index contributed by atoms with van der Waals surface area (Å²) in [5, 5.41) is 8.75. The number of hydrogen-bond donors (Lipinski definition) is 1. The van der Waals surface area contributed by atoms with Crippen molar-refractivity contribution in [2.24, 2.45) is 0 Å². The van der Waals surface area contributed by atoms with Crippen LogP contribution in [-0.4, -0.2) is 23.2 Å². The first-order chi connectivity index (χ1) is 7.19. The fourth-order valence-electron chi connectivity index (χ4n) is 0.772. The molecule has 0 amide bonds. The van der Waals surface area contributed by atoms with Gasteiger partial charge in [-0.3, -0.25) is 0 Å². The van der Waals surface area contributed by atoms with E-state index in [9.17, 15) is 4.79 Å². The topological polar surface area (TPSA) is 68.7 Å². The first kappa shape index (κ1) is 11.5. The number of esters is 1. The van der Waals surface area contributed by atoms with E-state index in [1.54, 1.807) is 12.1 Å². The average Bonchev–Trinajstić information content (AvgIpc) is 2.27. The smallest absolute Gasteiger partial charge is 0.377 e. The van der Waals surface area contributed by atoms with Crippen molar-refractivity contribution in [2.75, 3.05) is 7.11 Å². The van der Waals surface area contributed by atoms with Crippen molar-refractivity contribution in [3.8, 4) is 5.88 Å². The van der Waals surface area contributed by atoms with Crippen molar-refractivity contribution >= 4 is 21.9 Å². The summed E-state index contributed by atoms with van der Waals surface area (Å²) in [6.45, 7) is 0. The molecular weight excluding hydrogens is 266 g/mol. The molecule has 0 aliphatic rings. The van der Waals surface area contributed by atoms with Crippen molar-refractivity contribution < 1.29 is 19.4 Å². The van der Waals surface area contributed by atoms with Crippen LogP contribution >= 0.6 is 15.9 Å². The van der Waals surface area contributed by atoms with E-state index in [1.165, 1.54) is 13.3 Å². The van der Waals surface area contributed by atoms with Gasteiger partial charge in [0.1, 0.15) is 6.26 Å². The van der Waals surface area contributed by atoms with Crippen molar-refractivity contribution in [1.82, 2.24) is 4.98 Å². The number of rotatable bonds is 3. The second-order valence-electron chi connectivity index (χ2n) is 2.38. The highest BCUT2D eigenvalue weighted by molar-refractivity contribution is 9.10. The number of carbonyl (C=O) groups excluding carboxylic acids is 1. The summed E-state index contributed by atoms with van der Waals surface area (Å²) in [4.78, 5) is 14.9. The van der Waals surface area contributed by atoms with Gasteiger partial charge in [-0.05, 0) is 28.1 Å². The van der Waals surface area contributed by atoms with Crippen molar-refractivity contribution in [3.05, 3.63) is 34.8 Å². The predicted octanol–water partition coefficient (Wildman–Crippen LogP) is 1.80. The van der Waals surface area contributed by atoms with Gasteiger partial charge in [-0.25, -0.2) is 9.78 Å². The minimum Gasteiger partial charge on any atom is -0.511 e. The molecule has 6 heteroatoms. The minimum absolute atomic E-state index is 0.170. The summed E-state index contributed by atoms with van der Waals surface area (Å²) in [6.07, 6.45) is 2.01. The molecule has 80 valence electrons. The minimum atomic E-state index is -0.782. The Kier molecular flexibility index (Phi) is 4.11. The summed E-state index contributed by atoms with van der Waals surface area (Å²) in [6, 6.07) is 3.38. The molecule has 0 spiro atoms. The zero-order valence-electron chi connectivity index (χ0n) is 7.81. The Labute approximate surface area is 94.5 Å². The molecule has 0 unspecified atom stereocenters. The molecule has 0 aliphatic heterocycles. The third-order valence-corrected chi connectivity index (χ3v) is 2.04. The molecule has 0 atom stereocenters. The number of ether oxygens (including phenoxy) is 2. The summed E-state index contributed by atoms with van der Waals surface area (Å²) in [7, 11) is 1.18. The number of pyridine rings is 1. The quantitative estimate of drug-likeness (QED) is 0.517. The van der Waals surface area contributed by atoms with Gasteiger partial charge in [0.15, 0.2) is 0 Å². The SMILES string of the molecule is COC(=O)/C(=C\O)Oc1ncccc1Br. The van der Waals surface area contributed by atoms with E-state index in [0.29, 0.717) is 10.7 Å². The number of hydrogen-bond acceptors (Lipinski definition) is 5. The van der Waals surface area contributed by atoms with E-state index >= 15 is 0 Å². The molecule has 0 aliphatic carbocycles. The van der Waals surface area contributed by atoms with Crippen LogP contribution in [0.2, 0.25) is 0 Å². The molecule has 0 aromatic carbocycles. The number of halogens is 1. The van der Waals surface area contributed by atoms with Crippen LogP contribution in [0.3, 0.4) is 0 Å². The maximum absolute atomic E-state index is 11.0. The molecule has 0 bridgehead atoms. The van der Waals surface area contributed by atoms with Crippen molar-refractivity contribution in [3.63, 3.8) is 0 Å². The highest BCUT2D eigenvalue weighted by Crippen LogP contribution is 2.22. The van der Waals surface area contributed by atoms with Crippen LogP contribution in [0, 0.1) is 0 Å². The van der Waals surface area contributed by atoms with Gasteiger partial charge in [0.05, 0.1) is 11.6 Å². The molecule has 0 saturated heterocycles. The Bertz CT molecular complexity index is 391. The summed E-state index contributed by atoms with van der Waals surface area (Å²) in [5.41, 5.74) is 0. The Morgan fingerprint density at radius 3 is 2.93 bits per heavy atom. The van der Waals surface area contributed by atoms with Gasteiger partial charge in [0, 0.05) is 6.20 Å². The number of aromatic nitrogens is 1. The maximum atomic E-state index is 11.0. The van der Waals surface area contributed by atoms with Gasteiger partial charge < -0.3 is 14.6 Å². The zero-order valence-corrected chi connectivity index (χ0v) is 9.39. The van der Waals surface area contributed by atoms with Crippen LogP contribution in [0.5, 0.6) is 5.88 Å². The highest BCUT2D eigenvalue weighted by Gasteiger charge is 2.14. The molecule has 1 aromatic heterocycles. The van der Waals surface area contributed by atoms with Gasteiger partial charge in [0.2, 0.25) is 11.6 Å². The third-order valence-electron chi connectivity index (χ3n) is 1.44. The van der Waals surface area contributed by atoms with Crippen molar-refractivity contribution in [2.45, 2.75) is 0 Å². The molecule has 1 aromatic rings. The van der Waals surface area contributed by atoms with Gasteiger partial charge >= 0.3 is 5.97 Å². The fraction of sp³-hybridized carbons (Fsp3) is 0.111. The number of aliphatic hydroxyl groups is 1.